The lowest BCUT2D eigenvalue weighted by atomic mass is 10.2. The van der Waals surface area contributed by atoms with Crippen molar-refractivity contribution in [1.82, 2.24) is 20.1 Å². The maximum atomic E-state index is 12.4. The third-order valence-electron chi connectivity index (χ3n) is 3.10. The van der Waals surface area contributed by atoms with E-state index in [1.54, 1.807) is 4.90 Å². The maximum absolute atomic E-state index is 12.4. The van der Waals surface area contributed by atoms with Crippen LogP contribution in [0.15, 0.2) is 30.3 Å². The van der Waals surface area contributed by atoms with Crippen LogP contribution in [0.5, 0.6) is 0 Å². The molecular weight excluding hydrogens is 252 g/mol. The summed E-state index contributed by atoms with van der Waals surface area (Å²) in [5, 5.41) is 6.84. The summed E-state index contributed by atoms with van der Waals surface area (Å²) in [6, 6.07) is 9.93. The summed E-state index contributed by atoms with van der Waals surface area (Å²) >= 11 is 0. The van der Waals surface area contributed by atoms with E-state index in [0.29, 0.717) is 13.1 Å². The van der Waals surface area contributed by atoms with E-state index in [1.807, 2.05) is 37.3 Å². The molecule has 1 aromatic carbocycles. The molecule has 1 heterocycles. The lowest BCUT2D eigenvalue weighted by Crippen LogP contribution is -2.31. The van der Waals surface area contributed by atoms with E-state index in [1.165, 1.54) is 0 Å². The van der Waals surface area contributed by atoms with Gasteiger partial charge in [-0.25, -0.2) is 4.98 Å². The quantitative estimate of drug-likeness (QED) is 0.878. The summed E-state index contributed by atoms with van der Waals surface area (Å²) in [5.74, 6) is 0.896. The first-order chi connectivity index (χ1) is 9.74. The van der Waals surface area contributed by atoms with Gasteiger partial charge in [-0.1, -0.05) is 37.3 Å². The molecule has 5 heteroatoms. The van der Waals surface area contributed by atoms with Gasteiger partial charge < -0.3 is 4.90 Å². The van der Waals surface area contributed by atoms with Crippen LogP contribution in [0.1, 0.15) is 42.3 Å². The Morgan fingerprint density at radius 1 is 1.25 bits per heavy atom. The van der Waals surface area contributed by atoms with E-state index < -0.39 is 0 Å². The second kappa shape index (κ2) is 6.84. The Hall–Kier alpha value is -2.17. The summed E-state index contributed by atoms with van der Waals surface area (Å²) < 4.78 is 0. The summed E-state index contributed by atoms with van der Waals surface area (Å²) in [4.78, 5) is 18.4. The van der Waals surface area contributed by atoms with Gasteiger partial charge in [0, 0.05) is 19.5 Å². The molecule has 0 fully saturated rings. The normalized spacial score (nSPS) is 10.5. The predicted molar refractivity (Wildman–Crippen MR) is 77.2 cm³/mol. The van der Waals surface area contributed by atoms with Crippen LogP contribution in [0.2, 0.25) is 0 Å². The van der Waals surface area contributed by atoms with Gasteiger partial charge in [-0.15, -0.1) is 5.10 Å². The van der Waals surface area contributed by atoms with Gasteiger partial charge in [-0.05, 0) is 18.9 Å². The van der Waals surface area contributed by atoms with Crippen molar-refractivity contribution >= 4 is 5.91 Å². The number of aryl methyl sites for hydroxylation is 1. The standard InChI is InChI=1S/C15H20N4O/c1-3-8-13-16-14(18-17-13)15(20)19(4-2)11-12-9-6-5-7-10-12/h5-7,9-10H,3-4,8,11H2,1-2H3,(H,16,17,18). The Morgan fingerprint density at radius 2 is 2.00 bits per heavy atom. The zero-order valence-corrected chi connectivity index (χ0v) is 12.0. The first-order valence-corrected chi connectivity index (χ1v) is 6.99. The van der Waals surface area contributed by atoms with Crippen molar-refractivity contribution in [3.63, 3.8) is 0 Å². The molecule has 1 N–H and O–H groups in total. The number of hydrogen-bond acceptors (Lipinski definition) is 3. The van der Waals surface area contributed by atoms with Crippen LogP contribution in [-0.2, 0) is 13.0 Å². The van der Waals surface area contributed by atoms with E-state index in [2.05, 4.69) is 22.1 Å². The van der Waals surface area contributed by atoms with Crippen molar-refractivity contribution in [3.8, 4) is 0 Å². The highest BCUT2D eigenvalue weighted by molar-refractivity contribution is 5.90. The largest absolute Gasteiger partial charge is 0.332 e. The van der Waals surface area contributed by atoms with Crippen LogP contribution in [0.4, 0.5) is 0 Å². The zero-order chi connectivity index (χ0) is 14.4. The molecule has 0 atom stereocenters. The molecule has 5 nitrogen and oxygen atoms in total. The minimum atomic E-state index is -0.130. The topological polar surface area (TPSA) is 61.9 Å². The molecule has 1 amide bonds. The number of aromatic nitrogens is 3. The summed E-state index contributed by atoms with van der Waals surface area (Å²) in [6.45, 7) is 5.23. The van der Waals surface area contributed by atoms with Crippen molar-refractivity contribution in [3.05, 3.63) is 47.5 Å². The number of carbonyl (C=O) groups excluding carboxylic acids is 1. The molecule has 0 aliphatic heterocycles. The number of amides is 1. The van der Waals surface area contributed by atoms with Crippen LogP contribution >= 0.6 is 0 Å². The molecule has 2 rings (SSSR count). The first kappa shape index (κ1) is 14.2. The average molecular weight is 272 g/mol. The Labute approximate surface area is 119 Å². The fraction of sp³-hybridized carbons (Fsp3) is 0.400. The third kappa shape index (κ3) is 3.44. The number of nitrogens with zero attached hydrogens (tertiary/aromatic N) is 3. The van der Waals surface area contributed by atoms with Crippen LogP contribution < -0.4 is 0 Å². The molecule has 0 aliphatic rings. The molecule has 0 saturated carbocycles. The number of H-pyrrole nitrogens is 1. The highest BCUT2D eigenvalue weighted by atomic mass is 16.2. The van der Waals surface area contributed by atoms with Crippen LogP contribution in [0.3, 0.4) is 0 Å². The molecule has 106 valence electrons. The number of carbonyl (C=O) groups is 1. The smallest absolute Gasteiger partial charge is 0.293 e. The van der Waals surface area contributed by atoms with Crippen molar-refractivity contribution in [1.29, 1.82) is 0 Å². The van der Waals surface area contributed by atoms with Gasteiger partial charge in [0.15, 0.2) is 0 Å². The fourth-order valence-corrected chi connectivity index (χ4v) is 2.01. The molecule has 0 saturated heterocycles. The molecular formula is C15H20N4O. The average Bonchev–Trinajstić information content (AvgIpc) is 2.94. The molecule has 20 heavy (non-hydrogen) atoms. The summed E-state index contributed by atoms with van der Waals surface area (Å²) in [6.07, 6.45) is 1.79. The summed E-state index contributed by atoms with van der Waals surface area (Å²) in [5.41, 5.74) is 1.10. The Balaban J connectivity index is 2.08. The van der Waals surface area contributed by atoms with E-state index in [0.717, 1.165) is 24.2 Å². The van der Waals surface area contributed by atoms with Gasteiger partial charge in [0.05, 0.1) is 0 Å². The highest BCUT2D eigenvalue weighted by Crippen LogP contribution is 2.08. The molecule has 0 unspecified atom stereocenters. The number of aromatic amines is 1. The lowest BCUT2D eigenvalue weighted by Gasteiger charge is -2.19. The van der Waals surface area contributed by atoms with Gasteiger partial charge >= 0.3 is 0 Å². The van der Waals surface area contributed by atoms with Crippen LogP contribution in [0.25, 0.3) is 0 Å². The predicted octanol–water partition coefficient (Wildman–Crippen LogP) is 2.42. The number of nitrogens with one attached hydrogen (secondary N) is 1. The first-order valence-electron chi connectivity index (χ1n) is 6.99. The second-order valence-electron chi connectivity index (χ2n) is 4.66. The van der Waals surface area contributed by atoms with Gasteiger partial charge in [-0.3, -0.25) is 9.89 Å². The maximum Gasteiger partial charge on any atom is 0.293 e. The monoisotopic (exact) mass is 272 g/mol. The molecule has 0 radical (unpaired) electrons. The zero-order valence-electron chi connectivity index (χ0n) is 12.0. The van der Waals surface area contributed by atoms with Gasteiger partial charge in [0.1, 0.15) is 5.82 Å². The minimum absolute atomic E-state index is 0.130. The number of benzene rings is 1. The number of hydrogen-bond donors (Lipinski definition) is 1. The van der Waals surface area contributed by atoms with E-state index in [-0.39, 0.29) is 11.7 Å². The highest BCUT2D eigenvalue weighted by Gasteiger charge is 2.19. The van der Waals surface area contributed by atoms with Gasteiger partial charge in [-0.2, -0.15) is 0 Å². The molecule has 0 aliphatic carbocycles. The Bertz CT molecular complexity index is 550. The van der Waals surface area contributed by atoms with E-state index >= 15 is 0 Å². The molecule has 0 bridgehead atoms. The Kier molecular flexibility index (Phi) is 4.87. The molecule has 2 aromatic rings. The Morgan fingerprint density at radius 3 is 2.65 bits per heavy atom. The third-order valence-corrected chi connectivity index (χ3v) is 3.10. The van der Waals surface area contributed by atoms with E-state index in [4.69, 9.17) is 0 Å². The lowest BCUT2D eigenvalue weighted by molar-refractivity contribution is 0.0740. The van der Waals surface area contributed by atoms with Crippen LogP contribution in [-0.4, -0.2) is 32.5 Å². The van der Waals surface area contributed by atoms with Crippen LogP contribution in [0, 0.1) is 0 Å². The van der Waals surface area contributed by atoms with Crippen molar-refractivity contribution < 1.29 is 4.79 Å². The molecule has 1 aromatic heterocycles. The second-order valence-corrected chi connectivity index (χ2v) is 4.66. The van der Waals surface area contributed by atoms with E-state index in [9.17, 15) is 4.79 Å². The SMILES string of the molecule is CCCc1nc(C(=O)N(CC)Cc2ccccc2)n[nH]1. The van der Waals surface area contributed by atoms with Crippen molar-refractivity contribution in [2.75, 3.05) is 6.54 Å². The fourth-order valence-electron chi connectivity index (χ4n) is 2.01. The van der Waals surface area contributed by atoms with Crippen molar-refractivity contribution in [2.45, 2.75) is 33.2 Å². The number of rotatable bonds is 6. The van der Waals surface area contributed by atoms with Crippen molar-refractivity contribution in [2.24, 2.45) is 0 Å². The molecule has 0 spiro atoms. The van der Waals surface area contributed by atoms with Gasteiger partial charge in [0.25, 0.3) is 5.91 Å². The summed E-state index contributed by atoms with van der Waals surface area (Å²) in [7, 11) is 0. The van der Waals surface area contributed by atoms with Gasteiger partial charge in [0.2, 0.25) is 5.82 Å². The minimum Gasteiger partial charge on any atom is -0.332 e.